The summed E-state index contributed by atoms with van der Waals surface area (Å²) < 4.78 is 1.25. The average molecular weight is 616 g/mol. The second-order valence-electron chi connectivity index (χ2n) is 10.6. The highest BCUT2D eigenvalue weighted by molar-refractivity contribution is 6.37. The minimum Gasteiger partial charge on any atom is -0.369 e. The van der Waals surface area contributed by atoms with Crippen LogP contribution >= 0.6 is 23.2 Å². The molecule has 2 N–H and O–H groups in total. The van der Waals surface area contributed by atoms with Gasteiger partial charge in [0.1, 0.15) is 16.9 Å². The average Bonchev–Trinajstić information content (AvgIpc) is 3.02. The summed E-state index contributed by atoms with van der Waals surface area (Å²) >= 11 is 13.0. The smallest absolute Gasteiger partial charge is 0.282 e. The molecule has 0 radical (unpaired) electrons. The van der Waals surface area contributed by atoms with E-state index in [-0.39, 0.29) is 0 Å². The van der Waals surface area contributed by atoms with E-state index in [9.17, 15) is 4.79 Å². The van der Waals surface area contributed by atoms with Crippen molar-refractivity contribution < 1.29 is 0 Å². The number of fused-ring (bicyclic) bond motifs is 1. The predicted octanol–water partition coefficient (Wildman–Crippen LogP) is 5.41. The zero-order chi connectivity index (χ0) is 29.9. The van der Waals surface area contributed by atoms with Crippen LogP contribution in [0.15, 0.2) is 77.7 Å². The second-order valence-corrected chi connectivity index (χ2v) is 11.4. The summed E-state index contributed by atoms with van der Waals surface area (Å²) in [6.45, 7) is 4.92. The largest absolute Gasteiger partial charge is 0.369 e. The SMILES string of the molecule is CNCCc1cccc(-c2nn(-c3c(Cl)cccc3Cl)c(=O)c3cnc(Nc4ccc(N5CCN(C)CC5)cc4)nc23)c1. The van der Waals surface area contributed by atoms with Gasteiger partial charge < -0.3 is 20.4 Å². The first-order valence-electron chi connectivity index (χ1n) is 14.2. The Bertz CT molecular complexity index is 1800. The van der Waals surface area contributed by atoms with Crippen LogP contribution in [0.4, 0.5) is 17.3 Å². The monoisotopic (exact) mass is 614 g/mol. The van der Waals surface area contributed by atoms with Crippen molar-refractivity contribution in [3.8, 4) is 16.9 Å². The van der Waals surface area contributed by atoms with E-state index in [4.69, 9.17) is 33.3 Å². The Morgan fingerprint density at radius 1 is 0.930 bits per heavy atom. The number of halogens is 2. The molecule has 220 valence electrons. The molecule has 0 spiro atoms. The van der Waals surface area contributed by atoms with E-state index in [0.717, 1.165) is 56.0 Å². The summed E-state index contributed by atoms with van der Waals surface area (Å²) in [6.07, 6.45) is 2.37. The van der Waals surface area contributed by atoms with Crippen LogP contribution in [0.1, 0.15) is 5.56 Å². The molecular weight excluding hydrogens is 583 g/mol. The van der Waals surface area contributed by atoms with E-state index < -0.39 is 5.56 Å². The maximum Gasteiger partial charge on any atom is 0.282 e. The van der Waals surface area contributed by atoms with Gasteiger partial charge in [-0.25, -0.2) is 9.97 Å². The van der Waals surface area contributed by atoms with Crippen molar-refractivity contribution >= 4 is 51.4 Å². The van der Waals surface area contributed by atoms with E-state index in [1.165, 1.54) is 16.6 Å². The third-order valence-corrected chi connectivity index (χ3v) is 8.25. The van der Waals surface area contributed by atoms with Crippen molar-refractivity contribution in [1.82, 2.24) is 30.0 Å². The number of hydrogen-bond donors (Lipinski definition) is 2. The highest BCUT2D eigenvalue weighted by Crippen LogP contribution is 2.31. The Morgan fingerprint density at radius 3 is 2.37 bits per heavy atom. The summed E-state index contributed by atoms with van der Waals surface area (Å²) in [5, 5.41) is 12.2. The van der Waals surface area contributed by atoms with Crippen LogP contribution < -0.4 is 21.1 Å². The lowest BCUT2D eigenvalue weighted by Crippen LogP contribution is -2.44. The Balaban J connectivity index is 1.42. The van der Waals surface area contributed by atoms with Crippen LogP contribution in [0.5, 0.6) is 0 Å². The quantitative estimate of drug-likeness (QED) is 0.240. The maximum absolute atomic E-state index is 13.8. The van der Waals surface area contributed by atoms with E-state index in [0.29, 0.717) is 38.3 Å². The van der Waals surface area contributed by atoms with E-state index in [2.05, 4.69) is 56.7 Å². The minimum absolute atomic E-state index is 0.303. The van der Waals surface area contributed by atoms with E-state index in [1.807, 2.05) is 31.3 Å². The van der Waals surface area contributed by atoms with Crippen molar-refractivity contribution in [3.63, 3.8) is 0 Å². The normalized spacial score (nSPS) is 13.9. The zero-order valence-corrected chi connectivity index (χ0v) is 25.5. The Labute approximate surface area is 260 Å². The van der Waals surface area contributed by atoms with Crippen molar-refractivity contribution in [2.24, 2.45) is 0 Å². The van der Waals surface area contributed by atoms with Crippen LogP contribution in [0.3, 0.4) is 0 Å². The van der Waals surface area contributed by atoms with Crippen molar-refractivity contribution in [3.05, 3.63) is 98.9 Å². The molecular formula is C32H32Cl2N8O. The number of para-hydroxylation sites is 1. The molecule has 0 unspecified atom stereocenters. The fraction of sp³-hybridized carbons (Fsp3) is 0.250. The number of nitrogens with zero attached hydrogens (tertiary/aromatic N) is 6. The molecule has 9 nitrogen and oxygen atoms in total. The number of anilines is 3. The molecule has 11 heteroatoms. The minimum atomic E-state index is -0.414. The molecule has 3 aromatic carbocycles. The number of nitrogens with one attached hydrogen (secondary N) is 2. The summed E-state index contributed by atoms with van der Waals surface area (Å²) in [5.41, 5.74) is 4.82. The van der Waals surface area contributed by atoms with Crippen molar-refractivity contribution in [2.45, 2.75) is 6.42 Å². The Hall–Kier alpha value is -4.02. The first-order valence-corrected chi connectivity index (χ1v) is 15.0. The Morgan fingerprint density at radius 2 is 1.65 bits per heavy atom. The van der Waals surface area contributed by atoms with Gasteiger partial charge >= 0.3 is 0 Å². The van der Waals surface area contributed by atoms with Gasteiger partial charge in [-0.1, -0.05) is 47.5 Å². The van der Waals surface area contributed by atoms with Crippen LogP contribution in [0, 0.1) is 0 Å². The Kier molecular flexibility index (Phi) is 8.58. The van der Waals surface area contributed by atoms with Crippen LogP contribution in [-0.2, 0) is 6.42 Å². The molecule has 1 aliphatic rings. The predicted molar refractivity (Wildman–Crippen MR) is 175 cm³/mol. The topological polar surface area (TPSA) is 91.2 Å². The summed E-state index contributed by atoms with van der Waals surface area (Å²) in [7, 11) is 4.07. The van der Waals surface area contributed by atoms with Gasteiger partial charge in [0, 0.05) is 49.3 Å². The van der Waals surface area contributed by atoms with Crippen LogP contribution in [0.25, 0.3) is 27.8 Å². The fourth-order valence-corrected chi connectivity index (χ4v) is 5.77. The van der Waals surface area contributed by atoms with Crippen molar-refractivity contribution in [1.29, 1.82) is 0 Å². The molecule has 0 atom stereocenters. The lowest BCUT2D eigenvalue weighted by molar-refractivity contribution is 0.313. The zero-order valence-electron chi connectivity index (χ0n) is 24.0. The first-order chi connectivity index (χ1) is 20.9. The number of rotatable bonds is 8. The molecule has 6 rings (SSSR count). The van der Waals surface area contributed by atoms with Gasteiger partial charge in [0.2, 0.25) is 5.95 Å². The van der Waals surface area contributed by atoms with Crippen molar-refractivity contribution in [2.75, 3.05) is 57.0 Å². The summed E-state index contributed by atoms with van der Waals surface area (Å²) in [5.74, 6) is 0.363. The molecule has 43 heavy (non-hydrogen) atoms. The molecule has 0 saturated carbocycles. The molecule has 3 heterocycles. The fourth-order valence-electron chi connectivity index (χ4n) is 5.22. The first kappa shape index (κ1) is 29.1. The van der Waals surface area contributed by atoms with Crippen LogP contribution in [-0.4, -0.2) is 71.5 Å². The summed E-state index contributed by atoms with van der Waals surface area (Å²) in [6, 6.07) is 21.4. The highest BCUT2D eigenvalue weighted by Gasteiger charge is 2.20. The number of piperazine rings is 1. The number of aromatic nitrogens is 4. The van der Waals surface area contributed by atoms with Gasteiger partial charge in [0.15, 0.2) is 0 Å². The molecule has 0 aliphatic carbocycles. The van der Waals surface area contributed by atoms with Gasteiger partial charge in [-0.05, 0) is 75.1 Å². The lowest BCUT2D eigenvalue weighted by Gasteiger charge is -2.34. The van der Waals surface area contributed by atoms with E-state index >= 15 is 0 Å². The van der Waals surface area contributed by atoms with Gasteiger partial charge in [-0.15, -0.1) is 0 Å². The number of hydrogen-bond acceptors (Lipinski definition) is 8. The van der Waals surface area contributed by atoms with Crippen LogP contribution in [0.2, 0.25) is 10.0 Å². The van der Waals surface area contributed by atoms with E-state index in [1.54, 1.807) is 18.2 Å². The number of benzene rings is 3. The maximum atomic E-state index is 13.8. The standard InChI is InChI=1S/C32H32Cl2N8O/c1-35-14-13-21-5-3-6-22(19-21)28-29-25(31(43)42(39-28)30-26(33)7-4-8-27(30)34)20-36-32(38-29)37-23-9-11-24(12-10-23)41-17-15-40(2)16-18-41/h3-12,19-20,35H,13-18H2,1-2H3,(H,36,37,38). The second kappa shape index (κ2) is 12.7. The molecule has 5 aromatic rings. The molecule has 1 aliphatic heterocycles. The van der Waals surface area contributed by atoms with Gasteiger partial charge in [-0.3, -0.25) is 4.79 Å². The third kappa shape index (κ3) is 6.21. The number of likely N-dealkylation sites (N-methyl/N-ethyl adjacent to an activating group) is 2. The summed E-state index contributed by atoms with van der Waals surface area (Å²) in [4.78, 5) is 27.8. The molecule has 1 saturated heterocycles. The van der Waals surface area contributed by atoms with Gasteiger partial charge in [-0.2, -0.15) is 9.78 Å². The lowest BCUT2D eigenvalue weighted by atomic mass is 10.0. The molecule has 0 amide bonds. The van der Waals surface area contributed by atoms with Gasteiger partial charge in [0.25, 0.3) is 5.56 Å². The highest BCUT2D eigenvalue weighted by atomic mass is 35.5. The molecule has 0 bridgehead atoms. The third-order valence-electron chi connectivity index (χ3n) is 7.64. The molecule has 1 fully saturated rings. The van der Waals surface area contributed by atoms with Gasteiger partial charge in [0.05, 0.1) is 15.4 Å². The molecule has 2 aromatic heterocycles.